The summed E-state index contributed by atoms with van der Waals surface area (Å²) in [5.74, 6) is -0.150. The summed E-state index contributed by atoms with van der Waals surface area (Å²) in [5.41, 5.74) is 2.07. The number of hydrogen-bond donors (Lipinski definition) is 2. The number of benzene rings is 1. The second kappa shape index (κ2) is 9.87. The fraction of sp³-hybridized carbons (Fsp3) is 0.450. The fourth-order valence-electron chi connectivity index (χ4n) is 2.99. The van der Waals surface area contributed by atoms with Crippen LogP contribution in [0.3, 0.4) is 0 Å². The van der Waals surface area contributed by atoms with Gasteiger partial charge in [-0.05, 0) is 44.2 Å². The van der Waals surface area contributed by atoms with E-state index in [2.05, 4.69) is 29.6 Å². The third-order valence-corrected chi connectivity index (χ3v) is 4.28. The smallest absolute Gasteiger partial charge is 0.253 e. The van der Waals surface area contributed by atoms with Crippen LogP contribution in [-0.4, -0.2) is 46.6 Å². The van der Waals surface area contributed by atoms with E-state index < -0.39 is 6.04 Å². The molecule has 1 unspecified atom stereocenters. The first-order chi connectivity index (χ1) is 13.0. The normalized spacial score (nSPS) is 11.9. The maximum absolute atomic E-state index is 12.6. The molecule has 1 atom stereocenters. The largest absolute Gasteiger partial charge is 0.339 e. The van der Waals surface area contributed by atoms with Crippen LogP contribution >= 0.6 is 0 Å². The van der Waals surface area contributed by atoms with Gasteiger partial charge in [0, 0.05) is 43.1 Å². The van der Waals surface area contributed by atoms with Crippen molar-refractivity contribution in [3.63, 3.8) is 0 Å². The van der Waals surface area contributed by atoms with Crippen molar-refractivity contribution in [3.8, 4) is 0 Å². The molecule has 27 heavy (non-hydrogen) atoms. The van der Waals surface area contributed by atoms with Gasteiger partial charge in [0.15, 0.2) is 0 Å². The Kier molecular flexibility index (Phi) is 7.55. The highest BCUT2D eigenvalue weighted by Gasteiger charge is 2.20. The summed E-state index contributed by atoms with van der Waals surface area (Å²) in [6.07, 6.45) is 5.33. The predicted octanol–water partition coefficient (Wildman–Crippen LogP) is 2.58. The lowest BCUT2D eigenvalue weighted by atomic mass is 10.1. The molecule has 2 N–H and O–H groups in total. The lowest BCUT2D eigenvalue weighted by Crippen LogP contribution is -2.32. The zero-order valence-electron chi connectivity index (χ0n) is 16.5. The number of nitrogens with one attached hydrogen (secondary N) is 2. The van der Waals surface area contributed by atoms with Crippen molar-refractivity contribution in [1.29, 1.82) is 0 Å². The standard InChI is InChI=1S/C20H29N5O2/c1-5-11-25(12-6-2)20(27)15-7-9-17(10-8-15)23-19(26)18(21-3)16-13-22-24(4)14-16/h7-10,13-14,18,21H,5-6,11-12H2,1-4H3,(H,23,26). The molecule has 0 aliphatic rings. The van der Waals surface area contributed by atoms with Crippen LogP contribution in [0.2, 0.25) is 0 Å². The third-order valence-electron chi connectivity index (χ3n) is 4.28. The first kappa shape index (κ1) is 20.6. The van der Waals surface area contributed by atoms with Gasteiger partial charge in [-0.15, -0.1) is 0 Å². The molecule has 0 radical (unpaired) electrons. The van der Waals surface area contributed by atoms with Crippen molar-refractivity contribution < 1.29 is 9.59 Å². The topological polar surface area (TPSA) is 79.3 Å². The maximum atomic E-state index is 12.6. The number of anilines is 1. The molecule has 0 aliphatic carbocycles. The Labute approximate surface area is 160 Å². The van der Waals surface area contributed by atoms with E-state index >= 15 is 0 Å². The maximum Gasteiger partial charge on any atom is 0.253 e. The van der Waals surface area contributed by atoms with E-state index in [0.29, 0.717) is 11.3 Å². The minimum Gasteiger partial charge on any atom is -0.339 e. The number of hydrogen-bond acceptors (Lipinski definition) is 4. The van der Waals surface area contributed by atoms with Crippen molar-refractivity contribution >= 4 is 17.5 Å². The summed E-state index contributed by atoms with van der Waals surface area (Å²) in [6.45, 7) is 5.63. The van der Waals surface area contributed by atoms with E-state index in [-0.39, 0.29) is 11.8 Å². The molecule has 1 aromatic carbocycles. The minimum absolute atomic E-state index is 0.0278. The third kappa shape index (κ3) is 5.40. The van der Waals surface area contributed by atoms with E-state index in [1.54, 1.807) is 48.4 Å². The van der Waals surface area contributed by atoms with Gasteiger partial charge in [0.05, 0.1) is 6.20 Å². The van der Waals surface area contributed by atoms with Crippen LogP contribution in [0.15, 0.2) is 36.7 Å². The molecule has 0 aliphatic heterocycles. The molecule has 2 aromatic rings. The molecule has 0 fully saturated rings. The quantitative estimate of drug-likeness (QED) is 0.710. The van der Waals surface area contributed by atoms with E-state index in [9.17, 15) is 9.59 Å². The Bertz CT molecular complexity index is 748. The monoisotopic (exact) mass is 371 g/mol. The number of amides is 2. The Balaban J connectivity index is 2.06. The first-order valence-corrected chi connectivity index (χ1v) is 9.36. The highest BCUT2D eigenvalue weighted by atomic mass is 16.2. The number of carbonyl (C=O) groups is 2. The van der Waals surface area contributed by atoms with Crippen LogP contribution in [0.4, 0.5) is 5.69 Å². The van der Waals surface area contributed by atoms with Crippen LogP contribution < -0.4 is 10.6 Å². The number of nitrogens with zero attached hydrogens (tertiary/aromatic N) is 3. The molecule has 0 spiro atoms. The van der Waals surface area contributed by atoms with Crippen LogP contribution in [-0.2, 0) is 11.8 Å². The number of aryl methyl sites for hydroxylation is 1. The van der Waals surface area contributed by atoms with Crippen molar-refractivity contribution in [2.75, 3.05) is 25.5 Å². The summed E-state index contributed by atoms with van der Waals surface area (Å²) >= 11 is 0. The molecule has 7 heteroatoms. The Hall–Kier alpha value is -2.67. The molecular weight excluding hydrogens is 342 g/mol. The van der Waals surface area contributed by atoms with Crippen LogP contribution in [0.1, 0.15) is 48.7 Å². The van der Waals surface area contributed by atoms with Gasteiger partial charge in [-0.3, -0.25) is 14.3 Å². The van der Waals surface area contributed by atoms with Gasteiger partial charge < -0.3 is 15.5 Å². The molecule has 0 saturated carbocycles. The van der Waals surface area contributed by atoms with Gasteiger partial charge in [-0.2, -0.15) is 5.10 Å². The lowest BCUT2D eigenvalue weighted by Gasteiger charge is -2.21. The summed E-state index contributed by atoms with van der Waals surface area (Å²) in [4.78, 5) is 27.1. The van der Waals surface area contributed by atoms with Gasteiger partial charge in [-0.1, -0.05) is 13.8 Å². The number of likely N-dealkylation sites (N-methyl/N-ethyl adjacent to an activating group) is 1. The van der Waals surface area contributed by atoms with E-state index in [1.165, 1.54) is 0 Å². The van der Waals surface area contributed by atoms with E-state index in [4.69, 9.17) is 0 Å². The SMILES string of the molecule is CCCN(CCC)C(=O)c1ccc(NC(=O)C(NC)c2cnn(C)c2)cc1. The molecule has 7 nitrogen and oxygen atoms in total. The minimum atomic E-state index is -0.496. The van der Waals surface area contributed by atoms with Gasteiger partial charge in [0.2, 0.25) is 5.91 Å². The molecular formula is C20H29N5O2. The lowest BCUT2D eigenvalue weighted by molar-refractivity contribution is -0.118. The van der Waals surface area contributed by atoms with E-state index in [1.807, 2.05) is 11.9 Å². The van der Waals surface area contributed by atoms with Crippen molar-refractivity contribution in [1.82, 2.24) is 20.0 Å². The molecule has 2 amide bonds. The Morgan fingerprint density at radius 3 is 2.26 bits per heavy atom. The van der Waals surface area contributed by atoms with Gasteiger partial charge >= 0.3 is 0 Å². The van der Waals surface area contributed by atoms with Crippen LogP contribution in [0.25, 0.3) is 0 Å². The summed E-state index contributed by atoms with van der Waals surface area (Å²) in [7, 11) is 3.54. The van der Waals surface area contributed by atoms with E-state index in [0.717, 1.165) is 31.5 Å². The Morgan fingerprint density at radius 1 is 1.15 bits per heavy atom. The predicted molar refractivity (Wildman–Crippen MR) is 107 cm³/mol. The Morgan fingerprint density at radius 2 is 1.78 bits per heavy atom. The van der Waals surface area contributed by atoms with Gasteiger partial charge in [0.25, 0.3) is 5.91 Å². The highest BCUT2D eigenvalue weighted by molar-refractivity contribution is 5.97. The summed E-state index contributed by atoms with van der Waals surface area (Å²) in [5, 5.41) is 9.99. The second-order valence-corrected chi connectivity index (χ2v) is 6.53. The van der Waals surface area contributed by atoms with Crippen LogP contribution in [0.5, 0.6) is 0 Å². The highest BCUT2D eigenvalue weighted by Crippen LogP contribution is 2.17. The summed E-state index contributed by atoms with van der Waals surface area (Å²) < 4.78 is 1.66. The molecule has 0 bridgehead atoms. The number of rotatable bonds is 9. The van der Waals surface area contributed by atoms with Crippen molar-refractivity contribution in [2.45, 2.75) is 32.7 Å². The zero-order chi connectivity index (χ0) is 19.8. The summed E-state index contributed by atoms with van der Waals surface area (Å²) in [6, 6.07) is 6.54. The van der Waals surface area contributed by atoms with Crippen LogP contribution in [0, 0.1) is 0 Å². The average Bonchev–Trinajstić information content (AvgIpc) is 3.08. The molecule has 0 saturated heterocycles. The number of carbonyl (C=O) groups excluding carboxylic acids is 2. The average molecular weight is 371 g/mol. The van der Waals surface area contributed by atoms with Gasteiger partial charge in [-0.25, -0.2) is 0 Å². The molecule has 2 rings (SSSR count). The molecule has 146 valence electrons. The second-order valence-electron chi connectivity index (χ2n) is 6.53. The number of aromatic nitrogens is 2. The van der Waals surface area contributed by atoms with Crippen molar-refractivity contribution in [3.05, 3.63) is 47.8 Å². The fourth-order valence-corrected chi connectivity index (χ4v) is 2.99. The molecule has 1 heterocycles. The first-order valence-electron chi connectivity index (χ1n) is 9.36. The van der Waals surface area contributed by atoms with Crippen molar-refractivity contribution in [2.24, 2.45) is 7.05 Å². The zero-order valence-corrected chi connectivity index (χ0v) is 16.5. The molecule has 1 aromatic heterocycles. The van der Waals surface area contributed by atoms with Gasteiger partial charge in [0.1, 0.15) is 6.04 Å².